The average Bonchev–Trinajstić information content (AvgIpc) is 2.77. The van der Waals surface area contributed by atoms with Crippen LogP contribution in [-0.4, -0.2) is 30.9 Å². The van der Waals surface area contributed by atoms with Crippen molar-refractivity contribution in [1.82, 2.24) is 19.7 Å². The third-order valence-corrected chi connectivity index (χ3v) is 3.55. The van der Waals surface area contributed by atoms with Crippen molar-refractivity contribution < 1.29 is 9.90 Å². The lowest BCUT2D eigenvalue weighted by atomic mass is 9.96. The first-order valence-corrected chi connectivity index (χ1v) is 6.84. The Morgan fingerprint density at radius 2 is 1.95 bits per heavy atom. The van der Waals surface area contributed by atoms with Gasteiger partial charge in [-0.1, -0.05) is 20.8 Å². The van der Waals surface area contributed by atoms with Crippen LogP contribution < -0.4 is 0 Å². The van der Waals surface area contributed by atoms with Crippen LogP contribution in [0.25, 0.3) is 11.5 Å². The normalized spacial score (nSPS) is 11.7. The van der Waals surface area contributed by atoms with E-state index in [1.54, 1.807) is 6.07 Å². The molecule has 2 rings (SSSR count). The predicted octanol–water partition coefficient (Wildman–Crippen LogP) is 3.23. The standard InChI is InChI=1S/C13H15BrN4O2/c1-7-8(14)5-6-9(15-7)10-16-11(13(2,3)4)18(17-10)12(19)20/h5-6H,1-4H3,(H,19,20). The molecule has 106 valence electrons. The minimum Gasteiger partial charge on any atom is -0.463 e. The number of aryl methyl sites for hydroxylation is 1. The van der Waals surface area contributed by atoms with Crippen molar-refractivity contribution in [3.05, 3.63) is 28.1 Å². The Morgan fingerprint density at radius 3 is 2.40 bits per heavy atom. The van der Waals surface area contributed by atoms with Gasteiger partial charge in [0.15, 0.2) is 0 Å². The van der Waals surface area contributed by atoms with Crippen LogP contribution in [0, 0.1) is 6.92 Å². The van der Waals surface area contributed by atoms with Crippen LogP contribution >= 0.6 is 15.9 Å². The van der Waals surface area contributed by atoms with Gasteiger partial charge in [0.25, 0.3) is 0 Å². The van der Waals surface area contributed by atoms with Crippen LogP contribution in [-0.2, 0) is 5.41 Å². The summed E-state index contributed by atoms with van der Waals surface area (Å²) in [6.45, 7) is 7.52. The molecule has 0 radical (unpaired) electrons. The second-order valence-electron chi connectivity index (χ2n) is 5.47. The summed E-state index contributed by atoms with van der Waals surface area (Å²) < 4.78 is 1.80. The molecule has 0 saturated carbocycles. The first-order chi connectivity index (χ1) is 9.20. The number of hydrogen-bond acceptors (Lipinski definition) is 4. The zero-order chi connectivity index (χ0) is 15.1. The number of halogens is 1. The van der Waals surface area contributed by atoms with E-state index < -0.39 is 11.5 Å². The van der Waals surface area contributed by atoms with Gasteiger partial charge in [0.2, 0.25) is 5.82 Å². The number of carbonyl (C=O) groups is 1. The summed E-state index contributed by atoms with van der Waals surface area (Å²) in [5.74, 6) is 0.704. The third kappa shape index (κ3) is 2.72. The van der Waals surface area contributed by atoms with E-state index in [0.717, 1.165) is 14.8 Å². The van der Waals surface area contributed by atoms with Gasteiger partial charge in [-0.15, -0.1) is 9.78 Å². The lowest BCUT2D eigenvalue weighted by Crippen LogP contribution is -2.23. The highest BCUT2D eigenvalue weighted by Crippen LogP contribution is 2.24. The van der Waals surface area contributed by atoms with Crippen molar-refractivity contribution in [3.8, 4) is 11.5 Å². The molecule has 0 atom stereocenters. The first kappa shape index (κ1) is 14.6. The molecule has 0 amide bonds. The molecule has 0 aromatic carbocycles. The zero-order valence-corrected chi connectivity index (χ0v) is 13.3. The summed E-state index contributed by atoms with van der Waals surface area (Å²) in [5, 5.41) is 13.3. The second kappa shape index (κ2) is 4.97. The quantitative estimate of drug-likeness (QED) is 0.863. The fourth-order valence-electron chi connectivity index (χ4n) is 1.71. The number of rotatable bonds is 1. The van der Waals surface area contributed by atoms with Crippen molar-refractivity contribution in [2.45, 2.75) is 33.1 Å². The molecular weight excluding hydrogens is 324 g/mol. The average molecular weight is 339 g/mol. The molecule has 0 spiro atoms. The molecule has 0 saturated heterocycles. The van der Waals surface area contributed by atoms with Gasteiger partial charge in [-0.2, -0.15) is 0 Å². The lowest BCUT2D eigenvalue weighted by molar-refractivity contribution is 0.190. The third-order valence-electron chi connectivity index (χ3n) is 2.71. The van der Waals surface area contributed by atoms with E-state index in [0.29, 0.717) is 17.3 Å². The van der Waals surface area contributed by atoms with Gasteiger partial charge in [-0.3, -0.25) is 0 Å². The van der Waals surface area contributed by atoms with Gasteiger partial charge >= 0.3 is 6.09 Å². The van der Waals surface area contributed by atoms with Gasteiger partial charge in [0.05, 0.1) is 5.69 Å². The molecule has 2 aromatic heterocycles. The van der Waals surface area contributed by atoms with Gasteiger partial charge < -0.3 is 5.11 Å². The Labute approximate surface area is 125 Å². The van der Waals surface area contributed by atoms with E-state index >= 15 is 0 Å². The molecule has 20 heavy (non-hydrogen) atoms. The van der Waals surface area contributed by atoms with E-state index in [1.807, 2.05) is 33.8 Å². The van der Waals surface area contributed by atoms with Crippen LogP contribution in [0.5, 0.6) is 0 Å². The fourth-order valence-corrected chi connectivity index (χ4v) is 1.93. The Kier molecular flexibility index (Phi) is 3.64. The van der Waals surface area contributed by atoms with Crippen molar-refractivity contribution in [1.29, 1.82) is 0 Å². The van der Waals surface area contributed by atoms with Crippen molar-refractivity contribution in [3.63, 3.8) is 0 Å². The van der Waals surface area contributed by atoms with Gasteiger partial charge in [0, 0.05) is 9.89 Å². The maximum Gasteiger partial charge on any atom is 0.434 e. The van der Waals surface area contributed by atoms with E-state index in [9.17, 15) is 9.90 Å². The summed E-state index contributed by atoms with van der Waals surface area (Å²) in [4.78, 5) is 20.0. The fraction of sp³-hybridized carbons (Fsp3) is 0.385. The highest BCUT2D eigenvalue weighted by molar-refractivity contribution is 9.10. The summed E-state index contributed by atoms with van der Waals surface area (Å²) in [6, 6.07) is 3.60. The summed E-state index contributed by atoms with van der Waals surface area (Å²) >= 11 is 3.37. The number of aromatic nitrogens is 4. The first-order valence-electron chi connectivity index (χ1n) is 6.04. The monoisotopic (exact) mass is 338 g/mol. The molecule has 2 heterocycles. The molecule has 0 aliphatic carbocycles. The van der Waals surface area contributed by atoms with Crippen molar-refractivity contribution >= 4 is 22.0 Å². The molecule has 0 aliphatic rings. The minimum atomic E-state index is -1.15. The van der Waals surface area contributed by atoms with Crippen LogP contribution in [0.15, 0.2) is 16.6 Å². The number of nitrogens with zero attached hydrogens (tertiary/aromatic N) is 4. The highest BCUT2D eigenvalue weighted by atomic mass is 79.9. The molecule has 0 aliphatic heterocycles. The number of pyridine rings is 1. The van der Waals surface area contributed by atoms with Crippen molar-refractivity contribution in [2.24, 2.45) is 0 Å². The zero-order valence-electron chi connectivity index (χ0n) is 11.7. The van der Waals surface area contributed by atoms with Crippen molar-refractivity contribution in [2.75, 3.05) is 0 Å². The summed E-state index contributed by atoms with van der Waals surface area (Å²) in [7, 11) is 0. The number of carboxylic acid groups (broad SMARTS) is 1. The smallest absolute Gasteiger partial charge is 0.434 e. The van der Waals surface area contributed by atoms with E-state index in [2.05, 4.69) is 31.0 Å². The van der Waals surface area contributed by atoms with Gasteiger partial charge in [0.1, 0.15) is 11.5 Å². The molecule has 0 fully saturated rings. The Hall–Kier alpha value is -1.76. The predicted molar refractivity (Wildman–Crippen MR) is 77.8 cm³/mol. The molecule has 7 heteroatoms. The Bertz CT molecular complexity index is 673. The van der Waals surface area contributed by atoms with E-state index in [-0.39, 0.29) is 0 Å². The molecule has 6 nitrogen and oxygen atoms in total. The second-order valence-corrected chi connectivity index (χ2v) is 6.32. The molecule has 0 unspecified atom stereocenters. The van der Waals surface area contributed by atoms with Crippen LogP contribution in [0.3, 0.4) is 0 Å². The largest absolute Gasteiger partial charge is 0.463 e. The summed E-state index contributed by atoms with van der Waals surface area (Å²) in [6.07, 6.45) is -1.15. The maximum atomic E-state index is 11.3. The molecule has 1 N–H and O–H groups in total. The number of hydrogen-bond donors (Lipinski definition) is 1. The SMILES string of the molecule is Cc1nc(-c2nc(C(C)(C)C)n(C(=O)O)n2)ccc1Br. The molecule has 2 aromatic rings. The Morgan fingerprint density at radius 1 is 1.30 bits per heavy atom. The topological polar surface area (TPSA) is 80.9 Å². The summed E-state index contributed by atoms with van der Waals surface area (Å²) in [5.41, 5.74) is 0.927. The Balaban J connectivity index is 2.58. The van der Waals surface area contributed by atoms with Crippen LogP contribution in [0.2, 0.25) is 0 Å². The lowest BCUT2D eigenvalue weighted by Gasteiger charge is -2.15. The van der Waals surface area contributed by atoms with E-state index in [1.165, 1.54) is 0 Å². The van der Waals surface area contributed by atoms with Gasteiger partial charge in [-0.25, -0.2) is 14.8 Å². The van der Waals surface area contributed by atoms with E-state index in [4.69, 9.17) is 0 Å². The van der Waals surface area contributed by atoms with Crippen LogP contribution in [0.4, 0.5) is 4.79 Å². The maximum absolute atomic E-state index is 11.3. The highest BCUT2D eigenvalue weighted by Gasteiger charge is 2.26. The molecular formula is C13H15BrN4O2. The molecule has 0 bridgehead atoms. The minimum absolute atomic E-state index is 0.313. The van der Waals surface area contributed by atoms with Crippen LogP contribution in [0.1, 0.15) is 32.3 Å². The van der Waals surface area contributed by atoms with Gasteiger partial charge in [-0.05, 0) is 35.0 Å².